The van der Waals surface area contributed by atoms with Gasteiger partial charge in [-0.3, -0.25) is 0 Å². The molecular weight excluding hydrogens is 368 g/mol. The van der Waals surface area contributed by atoms with Gasteiger partial charge in [-0.15, -0.1) is 0 Å². The smallest absolute Gasteiger partial charge is 0.192 e. The molecule has 0 aromatic heterocycles. The second kappa shape index (κ2) is 11.1. The maximum atomic E-state index is 6.63. The van der Waals surface area contributed by atoms with Crippen LogP contribution < -0.4 is 0 Å². The van der Waals surface area contributed by atoms with Gasteiger partial charge in [-0.1, -0.05) is 44.1 Å². The number of allylic oxidation sites excluding steroid dienone is 3. The van der Waals surface area contributed by atoms with Gasteiger partial charge in [0, 0.05) is 13.5 Å². The third kappa shape index (κ3) is 8.11. The third-order valence-corrected chi connectivity index (χ3v) is 10.4. The summed E-state index contributed by atoms with van der Waals surface area (Å²) >= 11 is 0. The molecule has 1 aliphatic heterocycles. The Morgan fingerprint density at radius 1 is 1.14 bits per heavy atom. The summed E-state index contributed by atoms with van der Waals surface area (Å²) in [5.74, 6) is 0. The largest absolute Gasteiger partial charge is 0.409 e. The lowest BCUT2D eigenvalue weighted by molar-refractivity contribution is -0.243. The van der Waals surface area contributed by atoms with Gasteiger partial charge in [-0.05, 0) is 58.7 Å². The normalized spacial score (nSPS) is 27.0. The van der Waals surface area contributed by atoms with Crippen molar-refractivity contribution in [1.82, 2.24) is 0 Å². The molecule has 0 aromatic carbocycles. The fraction of sp³-hybridized carbons (Fsp3) is 0.826. The minimum atomic E-state index is -1.89. The summed E-state index contributed by atoms with van der Waals surface area (Å²) < 4.78 is 24.5. The monoisotopic (exact) mass is 412 g/mol. The summed E-state index contributed by atoms with van der Waals surface area (Å²) in [5, 5.41) is 0.159. The van der Waals surface area contributed by atoms with E-state index in [9.17, 15) is 0 Å². The van der Waals surface area contributed by atoms with Crippen LogP contribution >= 0.6 is 0 Å². The van der Waals surface area contributed by atoms with Crippen molar-refractivity contribution in [2.75, 3.05) is 13.7 Å². The second-order valence-electron chi connectivity index (χ2n) is 9.83. The van der Waals surface area contributed by atoms with E-state index in [-0.39, 0.29) is 29.6 Å². The van der Waals surface area contributed by atoms with E-state index in [4.69, 9.17) is 18.6 Å². The SMILES string of the molecule is CO[C@H]1C[C@H](OC/C=C(\C)CCC=C(C)C)O[C@@H](C)[C@@H]1O[Si](C)(C)C(C)(C)C. The molecule has 1 fully saturated rings. The third-order valence-electron chi connectivity index (χ3n) is 5.97. The van der Waals surface area contributed by atoms with Crippen LogP contribution in [0.5, 0.6) is 0 Å². The Morgan fingerprint density at radius 2 is 1.79 bits per heavy atom. The van der Waals surface area contributed by atoms with Gasteiger partial charge in [0.25, 0.3) is 0 Å². The molecule has 0 aromatic rings. The van der Waals surface area contributed by atoms with E-state index < -0.39 is 8.32 Å². The van der Waals surface area contributed by atoms with Crippen molar-refractivity contribution in [3.05, 3.63) is 23.3 Å². The van der Waals surface area contributed by atoms with Gasteiger partial charge in [0.15, 0.2) is 14.6 Å². The Kier molecular flexibility index (Phi) is 10.1. The van der Waals surface area contributed by atoms with E-state index in [1.807, 2.05) is 0 Å². The van der Waals surface area contributed by atoms with Crippen molar-refractivity contribution in [3.63, 3.8) is 0 Å². The molecule has 0 spiro atoms. The number of hydrogen-bond acceptors (Lipinski definition) is 4. The standard InChI is InChI=1S/C23H44O4Si/c1-17(2)12-11-13-18(3)14-15-25-21-16-20(24-8)22(19(4)26-21)27-28(9,10)23(5,6)7/h12,14,19-22H,11,13,15-16H2,1-10H3/b18-14+/t19-,20-,21+,22-/m0/s1. The van der Waals surface area contributed by atoms with Crippen molar-refractivity contribution >= 4 is 8.32 Å². The molecule has 1 heterocycles. The maximum absolute atomic E-state index is 6.63. The molecule has 5 heteroatoms. The molecule has 0 unspecified atom stereocenters. The Balaban J connectivity index is 2.59. The number of rotatable bonds is 9. The predicted octanol–water partition coefficient (Wildman–Crippen LogP) is 6.24. The van der Waals surface area contributed by atoms with Crippen LogP contribution in [0.2, 0.25) is 18.1 Å². The fourth-order valence-electron chi connectivity index (χ4n) is 3.01. The van der Waals surface area contributed by atoms with Crippen LogP contribution in [0.25, 0.3) is 0 Å². The van der Waals surface area contributed by atoms with Crippen molar-refractivity contribution in [2.24, 2.45) is 0 Å². The van der Waals surface area contributed by atoms with Gasteiger partial charge in [0.05, 0.1) is 24.9 Å². The van der Waals surface area contributed by atoms with Crippen molar-refractivity contribution in [3.8, 4) is 0 Å². The molecule has 0 bridgehead atoms. The van der Waals surface area contributed by atoms with E-state index in [1.165, 1.54) is 11.1 Å². The minimum Gasteiger partial charge on any atom is -0.409 e. The summed E-state index contributed by atoms with van der Waals surface area (Å²) in [6.45, 7) is 20.4. The molecule has 1 saturated heterocycles. The van der Waals surface area contributed by atoms with E-state index >= 15 is 0 Å². The van der Waals surface area contributed by atoms with Gasteiger partial charge >= 0.3 is 0 Å². The van der Waals surface area contributed by atoms with Crippen LogP contribution in [0.3, 0.4) is 0 Å². The average molecular weight is 413 g/mol. The molecule has 0 aliphatic carbocycles. The van der Waals surface area contributed by atoms with Crippen LogP contribution in [0, 0.1) is 0 Å². The van der Waals surface area contributed by atoms with Gasteiger partial charge in [0.2, 0.25) is 0 Å². The Morgan fingerprint density at radius 3 is 2.32 bits per heavy atom. The Labute approximate surface area is 174 Å². The van der Waals surface area contributed by atoms with Crippen LogP contribution in [-0.4, -0.2) is 46.6 Å². The molecular formula is C23H44O4Si. The number of ether oxygens (including phenoxy) is 3. The maximum Gasteiger partial charge on any atom is 0.192 e. The molecule has 0 amide bonds. The van der Waals surface area contributed by atoms with Gasteiger partial charge < -0.3 is 18.6 Å². The van der Waals surface area contributed by atoms with E-state index in [0.717, 1.165) is 12.8 Å². The van der Waals surface area contributed by atoms with Crippen molar-refractivity contribution in [2.45, 2.75) is 110 Å². The van der Waals surface area contributed by atoms with Crippen LogP contribution in [0.4, 0.5) is 0 Å². The summed E-state index contributed by atoms with van der Waals surface area (Å²) in [7, 11) is -0.132. The predicted molar refractivity (Wildman–Crippen MR) is 120 cm³/mol. The first kappa shape index (κ1) is 25.6. The quantitative estimate of drug-likeness (QED) is 0.332. The Hall–Kier alpha value is -0.463. The van der Waals surface area contributed by atoms with Gasteiger partial charge in [-0.2, -0.15) is 0 Å². The highest BCUT2D eigenvalue weighted by Gasteiger charge is 2.45. The van der Waals surface area contributed by atoms with Crippen molar-refractivity contribution in [1.29, 1.82) is 0 Å². The first-order valence-electron chi connectivity index (χ1n) is 10.6. The summed E-state index contributed by atoms with van der Waals surface area (Å²) in [4.78, 5) is 0. The zero-order valence-corrected chi connectivity index (χ0v) is 20.9. The van der Waals surface area contributed by atoms with Crippen molar-refractivity contribution < 1.29 is 18.6 Å². The molecule has 1 aliphatic rings. The zero-order chi connectivity index (χ0) is 21.5. The molecule has 0 N–H and O–H groups in total. The van der Waals surface area contributed by atoms with E-state index in [1.54, 1.807) is 7.11 Å². The molecule has 164 valence electrons. The molecule has 0 saturated carbocycles. The topological polar surface area (TPSA) is 36.9 Å². The molecule has 4 atom stereocenters. The first-order chi connectivity index (χ1) is 12.9. The highest BCUT2D eigenvalue weighted by atomic mass is 28.4. The summed E-state index contributed by atoms with van der Waals surface area (Å²) in [6.07, 6.45) is 6.92. The van der Waals surface area contributed by atoms with Crippen LogP contribution in [-0.2, 0) is 18.6 Å². The lowest BCUT2D eigenvalue weighted by Crippen LogP contribution is -2.55. The first-order valence-corrected chi connectivity index (χ1v) is 13.5. The lowest BCUT2D eigenvalue weighted by atomic mass is 10.0. The second-order valence-corrected chi connectivity index (χ2v) is 14.6. The van der Waals surface area contributed by atoms with E-state index in [2.05, 4.69) is 73.7 Å². The van der Waals surface area contributed by atoms with E-state index in [0.29, 0.717) is 13.0 Å². The number of hydrogen-bond donors (Lipinski definition) is 0. The fourth-order valence-corrected chi connectivity index (χ4v) is 4.39. The Bertz CT molecular complexity index is 529. The molecule has 0 radical (unpaired) electrons. The van der Waals surface area contributed by atoms with Crippen LogP contribution in [0.15, 0.2) is 23.3 Å². The summed E-state index contributed by atoms with van der Waals surface area (Å²) in [6, 6.07) is 0. The number of methoxy groups -OCH3 is 1. The van der Waals surface area contributed by atoms with Gasteiger partial charge in [0.1, 0.15) is 0 Å². The minimum absolute atomic E-state index is 0.00869. The lowest BCUT2D eigenvalue weighted by Gasteiger charge is -2.46. The van der Waals surface area contributed by atoms with Crippen LogP contribution in [0.1, 0.15) is 67.7 Å². The molecule has 4 nitrogen and oxygen atoms in total. The average Bonchev–Trinajstić information content (AvgIpc) is 2.55. The van der Waals surface area contributed by atoms with Gasteiger partial charge in [-0.25, -0.2) is 0 Å². The molecule has 28 heavy (non-hydrogen) atoms. The summed E-state index contributed by atoms with van der Waals surface area (Å²) in [5.41, 5.74) is 2.72. The highest BCUT2D eigenvalue weighted by Crippen LogP contribution is 2.39. The zero-order valence-electron chi connectivity index (χ0n) is 19.9. The highest BCUT2D eigenvalue weighted by molar-refractivity contribution is 6.74. The molecule has 1 rings (SSSR count).